The maximum atomic E-state index is 13.5. The van der Waals surface area contributed by atoms with Crippen molar-refractivity contribution in [3.8, 4) is 0 Å². The summed E-state index contributed by atoms with van der Waals surface area (Å²) in [7, 11) is 0. The largest absolute Gasteiger partial charge is 0.327 e. The molecule has 1 aliphatic carbocycles. The second kappa shape index (κ2) is 7.54. The Morgan fingerprint density at radius 1 is 1.15 bits per heavy atom. The molecule has 0 radical (unpaired) electrons. The number of fused-ring (bicyclic) bond motifs is 4. The van der Waals surface area contributed by atoms with Gasteiger partial charge in [-0.05, 0) is 41.3 Å². The molecule has 33 heavy (non-hydrogen) atoms. The second-order valence-corrected chi connectivity index (χ2v) is 8.91. The molecule has 0 unspecified atom stereocenters. The van der Waals surface area contributed by atoms with Crippen molar-refractivity contribution in [3.05, 3.63) is 123 Å². The number of ether oxygens (including phenoxy) is 1. The highest BCUT2D eigenvalue weighted by Gasteiger charge is 2.63. The summed E-state index contributed by atoms with van der Waals surface area (Å²) in [6.07, 6.45) is 5.10. The molecule has 7 heteroatoms. The number of nitrogens with one attached hydrogen (secondary N) is 1. The van der Waals surface area contributed by atoms with E-state index in [1.165, 1.54) is 0 Å². The van der Waals surface area contributed by atoms with Gasteiger partial charge in [0.1, 0.15) is 5.84 Å². The summed E-state index contributed by atoms with van der Waals surface area (Å²) < 4.78 is 7.46. The van der Waals surface area contributed by atoms with Gasteiger partial charge < -0.3 is 10.1 Å². The highest BCUT2D eigenvalue weighted by Crippen LogP contribution is 2.54. The smallest absolute Gasteiger partial charge is 0.326 e. The van der Waals surface area contributed by atoms with E-state index < -0.39 is 11.6 Å². The number of nitroso groups, excluding NO2 is 1. The number of hydrogen-bond acceptors (Lipinski definition) is 5. The fourth-order valence-corrected chi connectivity index (χ4v) is 5.35. The zero-order chi connectivity index (χ0) is 22.6. The number of amidine groups is 1. The van der Waals surface area contributed by atoms with Crippen LogP contribution in [0, 0.1) is 4.91 Å². The molecular formula is C26H22ClN4O2+. The average Bonchev–Trinajstić information content (AvgIpc) is 3.18. The minimum atomic E-state index is -0.941. The third-order valence-electron chi connectivity index (χ3n) is 6.57. The molecule has 6 nitrogen and oxygen atoms in total. The van der Waals surface area contributed by atoms with Gasteiger partial charge in [0.15, 0.2) is 11.2 Å². The normalized spacial score (nSPS) is 25.5. The van der Waals surface area contributed by atoms with Gasteiger partial charge in [-0.2, -0.15) is 0 Å². The molecule has 1 fully saturated rings. The molecule has 3 heterocycles. The lowest BCUT2D eigenvalue weighted by Crippen LogP contribution is -2.60. The van der Waals surface area contributed by atoms with Crippen molar-refractivity contribution in [3.63, 3.8) is 0 Å². The average molecular weight is 458 g/mol. The van der Waals surface area contributed by atoms with Crippen LogP contribution in [0.4, 0.5) is 0 Å². The van der Waals surface area contributed by atoms with E-state index in [-0.39, 0.29) is 6.67 Å². The lowest BCUT2D eigenvalue weighted by Gasteiger charge is -2.42. The maximum Gasteiger partial charge on any atom is 0.327 e. The van der Waals surface area contributed by atoms with Gasteiger partial charge in [0.05, 0.1) is 12.3 Å². The first-order valence-corrected chi connectivity index (χ1v) is 11.3. The van der Waals surface area contributed by atoms with E-state index in [9.17, 15) is 4.91 Å². The lowest BCUT2D eigenvalue weighted by atomic mass is 9.67. The molecule has 2 aromatic carbocycles. The van der Waals surface area contributed by atoms with Crippen LogP contribution in [0.2, 0.25) is 0 Å². The van der Waals surface area contributed by atoms with Gasteiger partial charge in [-0.1, -0.05) is 72.3 Å². The summed E-state index contributed by atoms with van der Waals surface area (Å²) in [6, 6.07) is 19.9. The third kappa shape index (κ3) is 2.95. The van der Waals surface area contributed by atoms with Gasteiger partial charge >= 0.3 is 6.23 Å². The predicted molar refractivity (Wildman–Crippen MR) is 127 cm³/mol. The number of nitrogens with zero attached hydrogens (tertiary/aromatic N) is 3. The van der Waals surface area contributed by atoms with Gasteiger partial charge in [-0.3, -0.25) is 4.90 Å². The minimum Gasteiger partial charge on any atom is -0.326 e. The number of halogens is 1. The van der Waals surface area contributed by atoms with E-state index >= 15 is 0 Å². The maximum absolute atomic E-state index is 13.5. The van der Waals surface area contributed by atoms with Crippen molar-refractivity contribution in [2.24, 2.45) is 4.99 Å². The Hall–Kier alpha value is -3.48. The Bertz CT molecular complexity index is 1310. The Kier molecular flexibility index (Phi) is 4.60. The van der Waals surface area contributed by atoms with E-state index in [1.807, 2.05) is 85.9 Å². The monoisotopic (exact) mass is 457 g/mol. The van der Waals surface area contributed by atoms with Crippen LogP contribution in [0.1, 0.15) is 18.1 Å². The van der Waals surface area contributed by atoms with Crippen molar-refractivity contribution in [1.82, 2.24) is 10.2 Å². The van der Waals surface area contributed by atoms with Crippen LogP contribution >= 0.6 is 11.6 Å². The molecule has 1 saturated heterocycles. The molecule has 0 amide bonds. The van der Waals surface area contributed by atoms with Crippen LogP contribution in [-0.2, 0) is 16.8 Å². The van der Waals surface area contributed by atoms with Crippen LogP contribution in [0.3, 0.4) is 0 Å². The van der Waals surface area contributed by atoms with Crippen molar-refractivity contribution < 1.29 is 9.50 Å². The third-order valence-corrected chi connectivity index (χ3v) is 6.78. The van der Waals surface area contributed by atoms with E-state index in [4.69, 9.17) is 21.3 Å². The van der Waals surface area contributed by atoms with Crippen molar-refractivity contribution in [1.29, 1.82) is 0 Å². The van der Waals surface area contributed by atoms with Crippen LogP contribution in [0.25, 0.3) is 0 Å². The molecule has 0 bridgehead atoms. The van der Waals surface area contributed by atoms with E-state index in [2.05, 4.69) is 10.2 Å². The van der Waals surface area contributed by atoms with Gasteiger partial charge in [-0.25, -0.2) is 4.99 Å². The summed E-state index contributed by atoms with van der Waals surface area (Å²) in [4.78, 5) is 20.3. The molecule has 3 aliphatic heterocycles. The summed E-state index contributed by atoms with van der Waals surface area (Å²) in [5, 5.41) is 4.00. The molecule has 2 atom stereocenters. The molecular weight excluding hydrogens is 436 g/mol. The zero-order valence-electron chi connectivity index (χ0n) is 18.0. The molecule has 4 aliphatic rings. The van der Waals surface area contributed by atoms with Gasteiger partial charge in [-0.15, -0.1) is 0 Å². The van der Waals surface area contributed by atoms with Gasteiger partial charge in [0.25, 0.3) is 6.67 Å². The molecule has 1 N–H and O–H groups in total. The summed E-state index contributed by atoms with van der Waals surface area (Å²) >= 11 is 6.54. The highest BCUT2D eigenvalue weighted by molar-refractivity contribution is 6.32. The Labute approximate surface area is 196 Å². The fourth-order valence-electron chi connectivity index (χ4n) is 5.12. The molecule has 6 rings (SSSR count). The number of benzene rings is 2. The number of rotatable bonds is 4. The van der Waals surface area contributed by atoms with Gasteiger partial charge in [0, 0.05) is 20.9 Å². The van der Waals surface area contributed by atoms with Crippen LogP contribution in [0.15, 0.2) is 112 Å². The standard InChI is InChI=1S/C26H22ClN4O2/c1-17-29-24-23-26(20-10-6-3-7-11-20,22-13-21(27)12-19(22)14-30(17)24)25(31(32)16-28-23)33-15-18-8-4-2-5-9-18/h2-14,25,28H,15-16H2,1H3/q+1/t25-,26-/m0/s1. The number of hydrogen-bond donors (Lipinski definition) is 1. The molecule has 0 aromatic heterocycles. The Morgan fingerprint density at radius 3 is 2.61 bits per heavy atom. The molecule has 2 aromatic rings. The van der Waals surface area contributed by atoms with Crippen molar-refractivity contribution >= 4 is 17.4 Å². The van der Waals surface area contributed by atoms with E-state index in [1.54, 1.807) is 0 Å². The highest BCUT2D eigenvalue weighted by atomic mass is 35.5. The molecule has 0 spiro atoms. The second-order valence-electron chi connectivity index (χ2n) is 8.47. The van der Waals surface area contributed by atoms with Crippen LogP contribution < -0.4 is 5.32 Å². The molecule has 0 saturated carbocycles. The minimum absolute atomic E-state index is 0.0963. The van der Waals surface area contributed by atoms with E-state index in [0.29, 0.717) is 11.6 Å². The Balaban J connectivity index is 1.60. The quantitative estimate of drug-likeness (QED) is 0.678. The summed E-state index contributed by atoms with van der Waals surface area (Å²) in [5.41, 5.74) is 3.71. The number of allylic oxidation sites excluding steroid dienone is 4. The summed E-state index contributed by atoms with van der Waals surface area (Å²) in [6.45, 7) is 2.37. The fraction of sp³-hybridized carbons (Fsp3) is 0.192. The topological polar surface area (TPSA) is 56.9 Å². The SMILES string of the molecule is CC1=NC2=C3NC[N+](=O)[C@@H](OCc4ccccc4)[C@@]3(c3ccccc3)C3=CC(Cl)=CC3=CN12. The predicted octanol–water partition coefficient (Wildman–Crippen LogP) is 4.67. The Morgan fingerprint density at radius 2 is 1.88 bits per heavy atom. The first-order chi connectivity index (χ1) is 16.1. The van der Waals surface area contributed by atoms with Crippen molar-refractivity contribution in [2.75, 3.05) is 6.67 Å². The molecule has 164 valence electrons. The van der Waals surface area contributed by atoms with Gasteiger partial charge in [0.2, 0.25) is 0 Å². The number of aliphatic imine (C=N–C) groups is 1. The van der Waals surface area contributed by atoms with Crippen LogP contribution in [-0.4, -0.2) is 28.4 Å². The first kappa shape index (κ1) is 20.1. The zero-order valence-corrected chi connectivity index (χ0v) is 18.8. The first-order valence-electron chi connectivity index (χ1n) is 10.9. The lowest BCUT2D eigenvalue weighted by molar-refractivity contribution is -0.651. The summed E-state index contributed by atoms with van der Waals surface area (Å²) in [5.74, 6) is 1.68. The van der Waals surface area contributed by atoms with Crippen LogP contribution in [0.5, 0.6) is 0 Å². The van der Waals surface area contributed by atoms with E-state index in [0.717, 1.165) is 44.4 Å². The van der Waals surface area contributed by atoms with Crippen molar-refractivity contribution in [2.45, 2.75) is 25.2 Å².